The van der Waals surface area contributed by atoms with Crippen LogP contribution in [-0.2, 0) is 0 Å². The molecule has 1 fully saturated rings. The van der Waals surface area contributed by atoms with E-state index >= 15 is 0 Å². The second-order valence-corrected chi connectivity index (χ2v) is 4.84. The number of benzene rings is 1. The first-order valence-corrected chi connectivity index (χ1v) is 6.39. The zero-order valence-corrected chi connectivity index (χ0v) is 11.1. The van der Waals surface area contributed by atoms with E-state index in [9.17, 15) is 4.39 Å². The molecule has 0 radical (unpaired) electrons. The van der Waals surface area contributed by atoms with E-state index in [2.05, 4.69) is 5.32 Å². The zero-order valence-electron chi connectivity index (χ0n) is 11.1. The maximum absolute atomic E-state index is 14.0. The lowest BCUT2D eigenvalue weighted by molar-refractivity contribution is 0.229. The molecule has 0 saturated carbocycles. The fourth-order valence-electron chi connectivity index (χ4n) is 2.27. The molecule has 1 aromatic carbocycles. The lowest BCUT2D eigenvalue weighted by atomic mass is 10.0. The van der Waals surface area contributed by atoms with Gasteiger partial charge < -0.3 is 14.8 Å². The molecular weight excluding hydrogens is 233 g/mol. The quantitative estimate of drug-likeness (QED) is 0.894. The Morgan fingerprint density at radius 1 is 1.33 bits per heavy atom. The van der Waals surface area contributed by atoms with Crippen LogP contribution < -0.4 is 14.8 Å². The van der Waals surface area contributed by atoms with Crippen LogP contribution in [0.2, 0.25) is 0 Å². The average Bonchev–Trinajstić information content (AvgIpc) is 2.83. The highest BCUT2D eigenvalue weighted by Crippen LogP contribution is 2.35. The lowest BCUT2D eigenvalue weighted by Gasteiger charge is -2.18. The van der Waals surface area contributed by atoms with Gasteiger partial charge in [0.1, 0.15) is 5.82 Å². The van der Waals surface area contributed by atoms with Crippen molar-refractivity contribution in [2.24, 2.45) is 0 Å². The van der Waals surface area contributed by atoms with E-state index in [1.165, 1.54) is 13.2 Å². The van der Waals surface area contributed by atoms with Crippen molar-refractivity contribution in [3.05, 3.63) is 23.5 Å². The van der Waals surface area contributed by atoms with E-state index in [1.807, 2.05) is 13.8 Å². The smallest absolute Gasteiger partial charge is 0.163 e. The summed E-state index contributed by atoms with van der Waals surface area (Å²) >= 11 is 0. The zero-order chi connectivity index (χ0) is 13.1. The summed E-state index contributed by atoms with van der Waals surface area (Å²) in [6.45, 7) is 4.82. The van der Waals surface area contributed by atoms with Crippen molar-refractivity contribution in [2.75, 3.05) is 13.7 Å². The van der Waals surface area contributed by atoms with E-state index in [0.717, 1.165) is 19.4 Å². The second-order valence-electron chi connectivity index (χ2n) is 4.84. The van der Waals surface area contributed by atoms with Crippen LogP contribution >= 0.6 is 0 Å². The molecule has 1 unspecified atom stereocenters. The SMILES string of the molecule is COc1cc(F)c(C2CCCN2)cc1OC(C)C. The van der Waals surface area contributed by atoms with Crippen molar-refractivity contribution in [2.45, 2.75) is 38.8 Å². The highest BCUT2D eigenvalue weighted by molar-refractivity contribution is 5.45. The number of ether oxygens (including phenoxy) is 2. The summed E-state index contributed by atoms with van der Waals surface area (Å²) in [5.41, 5.74) is 0.670. The van der Waals surface area contributed by atoms with Crippen LogP contribution in [0, 0.1) is 5.82 Å². The summed E-state index contributed by atoms with van der Waals surface area (Å²) in [5, 5.41) is 3.30. The highest BCUT2D eigenvalue weighted by atomic mass is 19.1. The second kappa shape index (κ2) is 5.57. The molecule has 0 amide bonds. The summed E-state index contributed by atoms with van der Waals surface area (Å²) in [6.07, 6.45) is 2.08. The number of halogens is 1. The third kappa shape index (κ3) is 2.75. The van der Waals surface area contributed by atoms with Gasteiger partial charge in [0.25, 0.3) is 0 Å². The first-order chi connectivity index (χ1) is 8.61. The Hall–Kier alpha value is -1.29. The van der Waals surface area contributed by atoms with Gasteiger partial charge in [0.2, 0.25) is 0 Å². The number of nitrogens with one attached hydrogen (secondary N) is 1. The molecule has 1 aliphatic rings. The number of hydrogen-bond donors (Lipinski definition) is 1. The highest BCUT2D eigenvalue weighted by Gasteiger charge is 2.22. The summed E-state index contributed by atoms with van der Waals surface area (Å²) in [6, 6.07) is 3.26. The van der Waals surface area contributed by atoms with E-state index in [0.29, 0.717) is 17.1 Å². The molecule has 0 aromatic heterocycles. The predicted octanol–water partition coefficient (Wildman–Crippen LogP) is 3.05. The molecule has 0 bridgehead atoms. The summed E-state index contributed by atoms with van der Waals surface area (Å²) < 4.78 is 24.9. The number of rotatable bonds is 4. The molecule has 1 aliphatic heterocycles. The molecular formula is C14H20FNO2. The van der Waals surface area contributed by atoms with Gasteiger partial charge in [-0.25, -0.2) is 4.39 Å². The van der Waals surface area contributed by atoms with Crippen LogP contribution in [0.5, 0.6) is 11.5 Å². The van der Waals surface area contributed by atoms with Gasteiger partial charge in [-0.15, -0.1) is 0 Å². The maximum Gasteiger partial charge on any atom is 0.163 e. The predicted molar refractivity (Wildman–Crippen MR) is 68.7 cm³/mol. The Morgan fingerprint density at radius 3 is 2.67 bits per heavy atom. The van der Waals surface area contributed by atoms with Crippen LogP contribution in [0.4, 0.5) is 4.39 Å². The molecule has 4 heteroatoms. The van der Waals surface area contributed by atoms with E-state index < -0.39 is 0 Å². The van der Waals surface area contributed by atoms with E-state index in [-0.39, 0.29) is 18.0 Å². The maximum atomic E-state index is 14.0. The molecule has 1 aromatic rings. The van der Waals surface area contributed by atoms with Crippen LogP contribution in [-0.4, -0.2) is 19.8 Å². The summed E-state index contributed by atoms with van der Waals surface area (Å²) in [7, 11) is 1.52. The number of hydrogen-bond acceptors (Lipinski definition) is 3. The Balaban J connectivity index is 2.34. The number of methoxy groups -OCH3 is 1. The molecule has 1 saturated heterocycles. The Bertz CT molecular complexity index is 415. The van der Waals surface area contributed by atoms with Gasteiger partial charge in [-0.1, -0.05) is 0 Å². The normalized spacial score (nSPS) is 19.3. The minimum absolute atomic E-state index is 0.0359. The van der Waals surface area contributed by atoms with Crippen molar-refractivity contribution in [3.63, 3.8) is 0 Å². The Morgan fingerprint density at radius 2 is 2.11 bits per heavy atom. The monoisotopic (exact) mass is 253 g/mol. The van der Waals surface area contributed by atoms with Crippen LogP contribution in [0.15, 0.2) is 12.1 Å². The molecule has 1 atom stereocenters. The molecule has 3 nitrogen and oxygen atoms in total. The van der Waals surface area contributed by atoms with Crippen molar-refractivity contribution in [1.29, 1.82) is 0 Å². The molecule has 1 N–H and O–H groups in total. The van der Waals surface area contributed by atoms with Crippen molar-refractivity contribution in [3.8, 4) is 11.5 Å². The van der Waals surface area contributed by atoms with Gasteiger partial charge >= 0.3 is 0 Å². The minimum atomic E-state index is -0.234. The molecule has 18 heavy (non-hydrogen) atoms. The first-order valence-electron chi connectivity index (χ1n) is 6.39. The minimum Gasteiger partial charge on any atom is -0.493 e. The molecule has 0 spiro atoms. The Labute approximate surface area is 107 Å². The third-order valence-corrected chi connectivity index (χ3v) is 3.08. The van der Waals surface area contributed by atoms with Gasteiger partial charge in [-0.3, -0.25) is 0 Å². The van der Waals surface area contributed by atoms with Crippen LogP contribution in [0.3, 0.4) is 0 Å². The van der Waals surface area contributed by atoms with Gasteiger partial charge in [0.05, 0.1) is 13.2 Å². The fraction of sp³-hybridized carbons (Fsp3) is 0.571. The summed E-state index contributed by atoms with van der Waals surface area (Å²) in [4.78, 5) is 0. The molecule has 0 aliphatic carbocycles. The van der Waals surface area contributed by atoms with Crippen LogP contribution in [0.1, 0.15) is 38.3 Å². The summed E-state index contributed by atoms with van der Waals surface area (Å²) in [5.74, 6) is 0.822. The van der Waals surface area contributed by atoms with Crippen LogP contribution in [0.25, 0.3) is 0 Å². The third-order valence-electron chi connectivity index (χ3n) is 3.08. The fourth-order valence-corrected chi connectivity index (χ4v) is 2.27. The first kappa shape index (κ1) is 13.1. The van der Waals surface area contributed by atoms with Gasteiger partial charge in [-0.2, -0.15) is 0 Å². The van der Waals surface area contributed by atoms with Gasteiger partial charge in [-0.05, 0) is 39.3 Å². The van der Waals surface area contributed by atoms with Crippen molar-refractivity contribution in [1.82, 2.24) is 5.32 Å². The Kier molecular flexibility index (Phi) is 4.07. The van der Waals surface area contributed by atoms with E-state index in [4.69, 9.17) is 9.47 Å². The molecule has 100 valence electrons. The van der Waals surface area contributed by atoms with Gasteiger partial charge in [0.15, 0.2) is 11.5 Å². The standard InChI is InChI=1S/C14H20FNO2/c1-9(2)18-14-7-10(12-5-4-6-16-12)11(15)8-13(14)17-3/h7-9,12,16H,4-6H2,1-3H3. The largest absolute Gasteiger partial charge is 0.493 e. The molecule has 2 rings (SSSR count). The molecule has 1 heterocycles. The van der Waals surface area contributed by atoms with E-state index in [1.54, 1.807) is 6.07 Å². The van der Waals surface area contributed by atoms with Gasteiger partial charge in [0, 0.05) is 17.7 Å². The van der Waals surface area contributed by atoms with Crippen molar-refractivity contribution >= 4 is 0 Å². The average molecular weight is 253 g/mol. The topological polar surface area (TPSA) is 30.5 Å². The lowest BCUT2D eigenvalue weighted by Crippen LogP contribution is -2.15. The van der Waals surface area contributed by atoms with Crippen molar-refractivity contribution < 1.29 is 13.9 Å².